The predicted octanol–water partition coefficient (Wildman–Crippen LogP) is 2.09. The van der Waals surface area contributed by atoms with Crippen molar-refractivity contribution in [3.8, 4) is 0 Å². The quantitative estimate of drug-likeness (QED) is 0.726. The molecule has 0 atom stereocenters. The number of ether oxygens (including phenoxy) is 1. The second-order valence-electron chi connectivity index (χ2n) is 4.19. The van der Waals surface area contributed by atoms with Crippen LogP contribution in [-0.4, -0.2) is 30.8 Å². The molecule has 0 radical (unpaired) electrons. The Bertz CT molecular complexity index is 260. The first-order valence-electron chi connectivity index (χ1n) is 5.27. The van der Waals surface area contributed by atoms with Gasteiger partial charge in [-0.3, -0.25) is 0 Å². The third-order valence-electron chi connectivity index (χ3n) is 2.50. The highest BCUT2D eigenvalue weighted by Gasteiger charge is 2.14. The van der Waals surface area contributed by atoms with Crippen LogP contribution in [0.4, 0.5) is 0 Å². The van der Waals surface area contributed by atoms with E-state index >= 15 is 0 Å². The topological polar surface area (TPSA) is 34.1 Å². The molecule has 0 bridgehead atoms. The van der Waals surface area contributed by atoms with E-state index in [1.165, 1.54) is 5.69 Å². The zero-order valence-corrected chi connectivity index (χ0v) is 10.6. The Hall–Kier alpha value is -0.450. The Kier molecular flexibility index (Phi) is 5.22. The lowest BCUT2D eigenvalue weighted by molar-refractivity contribution is 0.0159. The molecule has 3 nitrogen and oxygen atoms in total. The molecule has 1 N–H and O–H groups in total. The molecule has 0 aliphatic rings. The van der Waals surface area contributed by atoms with E-state index in [1.54, 1.807) is 18.4 Å². The van der Waals surface area contributed by atoms with Gasteiger partial charge in [0.2, 0.25) is 0 Å². The summed E-state index contributed by atoms with van der Waals surface area (Å²) in [6.45, 7) is 6.19. The summed E-state index contributed by atoms with van der Waals surface area (Å²) in [5.74, 6) is 0. The van der Waals surface area contributed by atoms with Crippen LogP contribution in [-0.2, 0) is 11.2 Å². The van der Waals surface area contributed by atoms with Gasteiger partial charge in [0.25, 0.3) is 0 Å². The lowest BCUT2D eigenvalue weighted by Crippen LogP contribution is -2.29. The number of thiazole rings is 1. The van der Waals surface area contributed by atoms with Gasteiger partial charge in [-0.25, -0.2) is 4.98 Å². The number of rotatable bonds is 7. The fraction of sp³-hybridized carbons (Fsp3) is 0.727. The van der Waals surface area contributed by atoms with Gasteiger partial charge in [-0.15, -0.1) is 11.3 Å². The van der Waals surface area contributed by atoms with Crippen molar-refractivity contribution in [2.75, 3.05) is 20.2 Å². The van der Waals surface area contributed by atoms with Gasteiger partial charge in [0.15, 0.2) is 0 Å². The number of aromatic nitrogens is 1. The molecule has 86 valence electrons. The standard InChI is InChI=1S/C11H20N2OS/c1-11(2,14-3)5-7-12-6-4-10-8-15-9-13-10/h8-9,12H,4-7H2,1-3H3. The van der Waals surface area contributed by atoms with E-state index in [0.717, 1.165) is 25.9 Å². The normalized spacial score (nSPS) is 11.9. The number of hydrogen-bond acceptors (Lipinski definition) is 4. The van der Waals surface area contributed by atoms with Crippen LogP contribution in [0, 0.1) is 0 Å². The Labute approximate surface area is 95.9 Å². The van der Waals surface area contributed by atoms with Crippen molar-refractivity contribution in [3.63, 3.8) is 0 Å². The van der Waals surface area contributed by atoms with Crippen molar-refractivity contribution < 1.29 is 4.74 Å². The zero-order valence-electron chi connectivity index (χ0n) is 9.75. The van der Waals surface area contributed by atoms with E-state index in [0.29, 0.717) is 0 Å². The third kappa shape index (κ3) is 5.25. The largest absolute Gasteiger partial charge is 0.379 e. The molecule has 1 aromatic heterocycles. The lowest BCUT2D eigenvalue weighted by Gasteiger charge is -2.22. The molecule has 1 rings (SSSR count). The molecule has 0 unspecified atom stereocenters. The number of nitrogens with zero attached hydrogens (tertiary/aromatic N) is 1. The Balaban J connectivity index is 2.03. The van der Waals surface area contributed by atoms with Crippen molar-refractivity contribution >= 4 is 11.3 Å². The molecule has 0 aliphatic carbocycles. The van der Waals surface area contributed by atoms with Gasteiger partial charge in [0, 0.05) is 25.5 Å². The summed E-state index contributed by atoms with van der Waals surface area (Å²) in [6, 6.07) is 0. The van der Waals surface area contributed by atoms with Gasteiger partial charge < -0.3 is 10.1 Å². The monoisotopic (exact) mass is 228 g/mol. The first kappa shape index (κ1) is 12.6. The first-order chi connectivity index (χ1) is 7.14. The molecule has 1 aromatic rings. The van der Waals surface area contributed by atoms with E-state index in [1.807, 2.05) is 5.51 Å². The van der Waals surface area contributed by atoms with Gasteiger partial charge in [0.1, 0.15) is 0 Å². The second-order valence-corrected chi connectivity index (χ2v) is 4.91. The maximum atomic E-state index is 5.34. The minimum Gasteiger partial charge on any atom is -0.379 e. The smallest absolute Gasteiger partial charge is 0.0794 e. The molecule has 0 aliphatic heterocycles. The molecule has 15 heavy (non-hydrogen) atoms. The van der Waals surface area contributed by atoms with Gasteiger partial charge >= 0.3 is 0 Å². The van der Waals surface area contributed by atoms with Crippen LogP contribution in [0.1, 0.15) is 26.0 Å². The minimum absolute atomic E-state index is 0.0202. The van der Waals surface area contributed by atoms with Gasteiger partial charge in [-0.2, -0.15) is 0 Å². The van der Waals surface area contributed by atoms with Crippen LogP contribution in [0.2, 0.25) is 0 Å². The number of methoxy groups -OCH3 is 1. The molecule has 0 saturated heterocycles. The van der Waals surface area contributed by atoms with Crippen LogP contribution < -0.4 is 5.32 Å². The van der Waals surface area contributed by atoms with E-state index in [4.69, 9.17) is 4.74 Å². The highest BCUT2D eigenvalue weighted by molar-refractivity contribution is 7.07. The van der Waals surface area contributed by atoms with Crippen molar-refractivity contribution in [2.24, 2.45) is 0 Å². The molecule has 4 heteroatoms. The fourth-order valence-corrected chi connectivity index (χ4v) is 1.79. The Morgan fingerprint density at radius 1 is 1.47 bits per heavy atom. The van der Waals surface area contributed by atoms with Crippen LogP contribution in [0.25, 0.3) is 0 Å². The molecule has 1 heterocycles. The summed E-state index contributed by atoms with van der Waals surface area (Å²) >= 11 is 1.65. The van der Waals surface area contributed by atoms with Crippen LogP contribution >= 0.6 is 11.3 Å². The maximum Gasteiger partial charge on any atom is 0.0794 e. The number of nitrogens with one attached hydrogen (secondary N) is 1. The lowest BCUT2D eigenvalue weighted by atomic mass is 10.1. The van der Waals surface area contributed by atoms with E-state index in [-0.39, 0.29) is 5.60 Å². The molecular weight excluding hydrogens is 208 g/mol. The molecule has 0 aromatic carbocycles. The molecule has 0 fully saturated rings. The average molecular weight is 228 g/mol. The van der Waals surface area contributed by atoms with Crippen LogP contribution in [0.15, 0.2) is 10.9 Å². The van der Waals surface area contributed by atoms with Crippen molar-refractivity contribution in [1.82, 2.24) is 10.3 Å². The van der Waals surface area contributed by atoms with E-state index in [2.05, 4.69) is 29.5 Å². The van der Waals surface area contributed by atoms with Gasteiger partial charge in [-0.05, 0) is 26.8 Å². The van der Waals surface area contributed by atoms with Crippen molar-refractivity contribution in [1.29, 1.82) is 0 Å². The summed E-state index contributed by atoms with van der Waals surface area (Å²) in [6.07, 6.45) is 2.04. The summed E-state index contributed by atoms with van der Waals surface area (Å²) in [5.41, 5.74) is 3.04. The summed E-state index contributed by atoms with van der Waals surface area (Å²) in [4.78, 5) is 4.23. The molecule has 0 saturated carbocycles. The maximum absolute atomic E-state index is 5.34. The van der Waals surface area contributed by atoms with Crippen LogP contribution in [0.5, 0.6) is 0 Å². The Morgan fingerprint density at radius 2 is 2.27 bits per heavy atom. The minimum atomic E-state index is -0.0202. The fourth-order valence-electron chi connectivity index (χ4n) is 1.19. The third-order valence-corrected chi connectivity index (χ3v) is 3.13. The summed E-state index contributed by atoms with van der Waals surface area (Å²) in [7, 11) is 1.76. The van der Waals surface area contributed by atoms with Gasteiger partial charge in [0.05, 0.1) is 16.8 Å². The van der Waals surface area contributed by atoms with E-state index < -0.39 is 0 Å². The second kappa shape index (κ2) is 6.20. The van der Waals surface area contributed by atoms with Crippen molar-refractivity contribution in [2.45, 2.75) is 32.3 Å². The molecule has 0 spiro atoms. The van der Waals surface area contributed by atoms with Crippen LogP contribution in [0.3, 0.4) is 0 Å². The first-order valence-corrected chi connectivity index (χ1v) is 6.21. The summed E-state index contributed by atoms with van der Waals surface area (Å²) in [5, 5.41) is 5.50. The van der Waals surface area contributed by atoms with E-state index in [9.17, 15) is 0 Å². The average Bonchev–Trinajstić information content (AvgIpc) is 2.70. The molecular formula is C11H20N2OS. The highest BCUT2D eigenvalue weighted by Crippen LogP contribution is 2.11. The predicted molar refractivity (Wildman–Crippen MR) is 64.4 cm³/mol. The Morgan fingerprint density at radius 3 is 2.87 bits per heavy atom. The highest BCUT2D eigenvalue weighted by atomic mass is 32.1. The number of hydrogen-bond donors (Lipinski definition) is 1. The summed E-state index contributed by atoms with van der Waals surface area (Å²) < 4.78 is 5.34. The van der Waals surface area contributed by atoms with Crippen molar-refractivity contribution in [3.05, 3.63) is 16.6 Å². The zero-order chi connectivity index (χ0) is 11.1. The van der Waals surface area contributed by atoms with Gasteiger partial charge in [-0.1, -0.05) is 0 Å². The molecule has 0 amide bonds. The SMILES string of the molecule is COC(C)(C)CCNCCc1cscn1.